The molecule has 1 aromatic rings. The highest BCUT2D eigenvalue weighted by Gasteiger charge is 2.44. The molecular weight excluding hydrogens is 290 g/mol. The van der Waals surface area contributed by atoms with Crippen molar-refractivity contribution in [2.45, 2.75) is 31.3 Å². The second-order valence-electron chi connectivity index (χ2n) is 5.14. The molecule has 7 heteroatoms. The van der Waals surface area contributed by atoms with Gasteiger partial charge in [-0.1, -0.05) is 12.1 Å². The molecule has 0 radical (unpaired) electrons. The highest BCUT2D eigenvalue weighted by molar-refractivity contribution is 6.06. The van der Waals surface area contributed by atoms with Crippen LogP contribution in [-0.4, -0.2) is 24.7 Å². The molecule has 2 aliphatic rings. The minimum atomic E-state index is -0.412. The summed E-state index contributed by atoms with van der Waals surface area (Å²) in [4.78, 5) is 10.7. The number of ether oxygens (including phenoxy) is 1. The van der Waals surface area contributed by atoms with E-state index in [1.54, 1.807) is 7.11 Å². The lowest BCUT2D eigenvalue weighted by Crippen LogP contribution is -2.56. The van der Waals surface area contributed by atoms with E-state index >= 15 is 0 Å². The molecule has 0 amide bonds. The summed E-state index contributed by atoms with van der Waals surface area (Å²) in [5.74, 6) is 1.40. The summed E-state index contributed by atoms with van der Waals surface area (Å²) in [5.41, 5.74) is 12.4. The maximum absolute atomic E-state index is 6.14. The zero-order valence-electron chi connectivity index (χ0n) is 12.0. The number of rotatable bonds is 2. The van der Waals surface area contributed by atoms with Crippen LogP contribution >= 0.6 is 12.4 Å². The van der Waals surface area contributed by atoms with Crippen LogP contribution in [0.1, 0.15) is 25.7 Å². The van der Waals surface area contributed by atoms with Crippen LogP contribution in [0.5, 0.6) is 5.75 Å². The van der Waals surface area contributed by atoms with Gasteiger partial charge >= 0.3 is 0 Å². The molecule has 1 saturated carbocycles. The Labute approximate surface area is 130 Å². The van der Waals surface area contributed by atoms with Gasteiger partial charge in [0.1, 0.15) is 11.4 Å². The second-order valence-corrected chi connectivity index (χ2v) is 5.14. The second kappa shape index (κ2) is 5.81. The van der Waals surface area contributed by atoms with E-state index in [4.69, 9.17) is 16.2 Å². The van der Waals surface area contributed by atoms with Gasteiger partial charge in [0, 0.05) is 0 Å². The predicted molar refractivity (Wildman–Crippen MR) is 87.2 cm³/mol. The highest BCUT2D eigenvalue weighted by Crippen LogP contribution is 2.43. The molecule has 1 spiro atoms. The van der Waals surface area contributed by atoms with Crippen LogP contribution in [0.15, 0.2) is 34.3 Å². The normalized spacial score (nSPS) is 19.8. The SMILES string of the molecule is COc1ccccc1N1C(N)=NC(N)=NC12CCCC2.Cl. The van der Waals surface area contributed by atoms with Crippen LogP contribution in [0.3, 0.4) is 0 Å². The molecule has 0 saturated heterocycles. The summed E-state index contributed by atoms with van der Waals surface area (Å²) in [5, 5.41) is 0. The van der Waals surface area contributed by atoms with Crippen LogP contribution in [0.4, 0.5) is 5.69 Å². The van der Waals surface area contributed by atoms with Crippen molar-refractivity contribution in [3.05, 3.63) is 24.3 Å². The van der Waals surface area contributed by atoms with Crippen molar-refractivity contribution in [2.24, 2.45) is 21.5 Å². The zero-order chi connectivity index (χ0) is 14.2. The lowest BCUT2D eigenvalue weighted by Gasteiger charge is -2.41. The standard InChI is InChI=1S/C14H19N5O.ClH/c1-20-11-7-3-2-6-10(11)19-13(16)17-12(15)18-14(19)8-4-5-9-14;/h2-3,6-7H,4-5,8-9H2,1H3,(H4,15,16,17,18);1H. The number of anilines is 1. The Kier molecular flexibility index (Phi) is 4.27. The van der Waals surface area contributed by atoms with E-state index < -0.39 is 5.66 Å². The molecule has 4 N–H and O–H groups in total. The van der Waals surface area contributed by atoms with E-state index in [1.165, 1.54) is 0 Å². The highest BCUT2D eigenvalue weighted by atomic mass is 35.5. The molecule has 3 rings (SSSR count). The fourth-order valence-electron chi connectivity index (χ4n) is 3.11. The van der Waals surface area contributed by atoms with Crippen molar-refractivity contribution < 1.29 is 4.74 Å². The van der Waals surface area contributed by atoms with Gasteiger partial charge in [0.2, 0.25) is 11.9 Å². The van der Waals surface area contributed by atoms with Crippen LogP contribution in [0, 0.1) is 0 Å². The van der Waals surface area contributed by atoms with Crippen LogP contribution in [0.25, 0.3) is 0 Å². The number of halogens is 1. The van der Waals surface area contributed by atoms with Crippen molar-refractivity contribution in [1.29, 1.82) is 0 Å². The van der Waals surface area contributed by atoms with Crippen molar-refractivity contribution >= 4 is 30.0 Å². The molecule has 1 aliphatic carbocycles. The monoisotopic (exact) mass is 309 g/mol. The van der Waals surface area contributed by atoms with E-state index in [0.29, 0.717) is 5.96 Å². The molecule has 6 nitrogen and oxygen atoms in total. The smallest absolute Gasteiger partial charge is 0.220 e. The number of para-hydroxylation sites is 2. The van der Waals surface area contributed by atoms with Gasteiger partial charge in [-0.05, 0) is 37.8 Å². The molecule has 114 valence electrons. The molecule has 0 unspecified atom stereocenters. The van der Waals surface area contributed by atoms with Gasteiger partial charge in [-0.25, -0.2) is 4.99 Å². The average Bonchev–Trinajstić information content (AvgIpc) is 2.87. The van der Waals surface area contributed by atoms with Gasteiger partial charge < -0.3 is 16.2 Å². The first-order valence-corrected chi connectivity index (χ1v) is 6.79. The first-order chi connectivity index (χ1) is 9.66. The number of nitrogens with zero attached hydrogens (tertiary/aromatic N) is 3. The summed E-state index contributed by atoms with van der Waals surface area (Å²) in [6.07, 6.45) is 4.05. The number of guanidine groups is 2. The van der Waals surface area contributed by atoms with Crippen molar-refractivity contribution in [3.63, 3.8) is 0 Å². The average molecular weight is 310 g/mol. The molecule has 21 heavy (non-hydrogen) atoms. The van der Waals surface area contributed by atoms with Crippen molar-refractivity contribution in [1.82, 2.24) is 0 Å². The van der Waals surface area contributed by atoms with Gasteiger partial charge in [0.05, 0.1) is 12.8 Å². The zero-order valence-corrected chi connectivity index (χ0v) is 12.8. The molecule has 0 atom stereocenters. The number of hydrogen-bond donors (Lipinski definition) is 2. The first kappa shape index (κ1) is 15.4. The van der Waals surface area contributed by atoms with Crippen LogP contribution in [0.2, 0.25) is 0 Å². The summed E-state index contributed by atoms with van der Waals surface area (Å²) in [6, 6.07) is 7.76. The van der Waals surface area contributed by atoms with Crippen molar-refractivity contribution in [2.75, 3.05) is 12.0 Å². The van der Waals surface area contributed by atoms with Crippen LogP contribution < -0.4 is 21.1 Å². The minimum Gasteiger partial charge on any atom is -0.495 e. The molecule has 0 aromatic heterocycles. The maximum atomic E-state index is 6.14. The Morgan fingerprint density at radius 1 is 1.19 bits per heavy atom. The lowest BCUT2D eigenvalue weighted by atomic mass is 10.1. The summed E-state index contributed by atoms with van der Waals surface area (Å²) < 4.78 is 5.44. The Bertz CT molecular complexity index is 580. The summed E-state index contributed by atoms with van der Waals surface area (Å²) in [6.45, 7) is 0. The predicted octanol–water partition coefficient (Wildman–Crippen LogP) is 1.84. The number of nitrogens with two attached hydrogens (primary N) is 2. The van der Waals surface area contributed by atoms with Gasteiger partial charge in [0.15, 0.2) is 0 Å². The van der Waals surface area contributed by atoms with Gasteiger partial charge in [-0.2, -0.15) is 4.99 Å². The summed E-state index contributed by atoms with van der Waals surface area (Å²) in [7, 11) is 1.65. The van der Waals surface area contributed by atoms with E-state index in [-0.39, 0.29) is 18.4 Å². The third kappa shape index (κ3) is 2.51. The van der Waals surface area contributed by atoms with Gasteiger partial charge in [-0.3, -0.25) is 4.90 Å². The summed E-state index contributed by atoms with van der Waals surface area (Å²) >= 11 is 0. The Morgan fingerprint density at radius 2 is 1.86 bits per heavy atom. The third-order valence-corrected chi connectivity index (χ3v) is 3.93. The molecule has 1 aromatic carbocycles. The number of benzene rings is 1. The Hall–Kier alpha value is -1.95. The lowest BCUT2D eigenvalue weighted by molar-refractivity contribution is 0.404. The fraction of sp³-hybridized carbons (Fsp3) is 0.429. The van der Waals surface area contributed by atoms with E-state index in [9.17, 15) is 0 Å². The number of hydrogen-bond acceptors (Lipinski definition) is 6. The first-order valence-electron chi connectivity index (χ1n) is 6.79. The quantitative estimate of drug-likeness (QED) is 0.872. The number of aliphatic imine (C=N–C) groups is 2. The largest absolute Gasteiger partial charge is 0.495 e. The van der Waals surface area contributed by atoms with E-state index in [2.05, 4.69) is 9.98 Å². The van der Waals surface area contributed by atoms with Crippen LogP contribution in [-0.2, 0) is 0 Å². The van der Waals surface area contributed by atoms with Gasteiger partial charge in [-0.15, -0.1) is 12.4 Å². The molecular formula is C14H20ClN5O. The minimum absolute atomic E-state index is 0. The third-order valence-electron chi connectivity index (χ3n) is 3.93. The van der Waals surface area contributed by atoms with E-state index in [1.807, 2.05) is 29.2 Å². The van der Waals surface area contributed by atoms with E-state index in [0.717, 1.165) is 37.1 Å². The Balaban J connectivity index is 0.00000161. The van der Waals surface area contributed by atoms with Crippen molar-refractivity contribution in [3.8, 4) is 5.75 Å². The van der Waals surface area contributed by atoms with Gasteiger partial charge in [0.25, 0.3) is 0 Å². The molecule has 0 bridgehead atoms. The fourth-order valence-corrected chi connectivity index (χ4v) is 3.11. The molecule has 1 fully saturated rings. The Morgan fingerprint density at radius 3 is 2.52 bits per heavy atom. The molecule has 1 heterocycles. The maximum Gasteiger partial charge on any atom is 0.220 e. The topological polar surface area (TPSA) is 89.2 Å². The molecule has 1 aliphatic heterocycles. The number of methoxy groups -OCH3 is 1.